The van der Waals surface area contributed by atoms with Crippen molar-refractivity contribution < 1.29 is 14.3 Å². The van der Waals surface area contributed by atoms with Crippen LogP contribution in [0.1, 0.15) is 12.0 Å². The quantitative estimate of drug-likeness (QED) is 0.790. The predicted octanol–water partition coefficient (Wildman–Crippen LogP) is 1.73. The SMILES string of the molecule is COc1ccc(CCC(Cl)C(N)=O)cc1OC. The largest absolute Gasteiger partial charge is 0.493 e. The number of rotatable bonds is 6. The lowest BCUT2D eigenvalue weighted by Crippen LogP contribution is -2.23. The van der Waals surface area contributed by atoms with Gasteiger partial charge < -0.3 is 15.2 Å². The van der Waals surface area contributed by atoms with E-state index in [1.165, 1.54) is 0 Å². The van der Waals surface area contributed by atoms with Gasteiger partial charge in [-0.3, -0.25) is 4.79 Å². The molecular weight excluding hydrogens is 242 g/mol. The molecule has 5 heteroatoms. The van der Waals surface area contributed by atoms with Gasteiger partial charge in [-0.05, 0) is 30.5 Å². The van der Waals surface area contributed by atoms with E-state index in [4.69, 9.17) is 26.8 Å². The summed E-state index contributed by atoms with van der Waals surface area (Å²) in [6, 6.07) is 5.59. The highest BCUT2D eigenvalue weighted by Crippen LogP contribution is 2.28. The Morgan fingerprint density at radius 1 is 1.35 bits per heavy atom. The number of benzene rings is 1. The maximum Gasteiger partial charge on any atom is 0.235 e. The molecule has 94 valence electrons. The summed E-state index contributed by atoms with van der Waals surface area (Å²) in [5.74, 6) is 0.843. The van der Waals surface area contributed by atoms with Crippen LogP contribution < -0.4 is 15.2 Å². The molecule has 0 bridgehead atoms. The third kappa shape index (κ3) is 3.82. The van der Waals surface area contributed by atoms with Crippen molar-refractivity contribution in [1.82, 2.24) is 0 Å². The zero-order chi connectivity index (χ0) is 12.8. The van der Waals surface area contributed by atoms with Crippen molar-refractivity contribution in [3.63, 3.8) is 0 Å². The molecule has 1 aromatic rings. The number of methoxy groups -OCH3 is 2. The predicted molar refractivity (Wildman–Crippen MR) is 66.7 cm³/mol. The lowest BCUT2D eigenvalue weighted by molar-refractivity contribution is -0.117. The standard InChI is InChI=1S/C12H16ClNO3/c1-16-10-6-4-8(7-11(10)17-2)3-5-9(13)12(14)15/h4,6-7,9H,3,5H2,1-2H3,(H2,14,15). The molecule has 0 fully saturated rings. The number of carbonyl (C=O) groups excluding carboxylic acids is 1. The molecular formula is C12H16ClNO3. The molecule has 0 radical (unpaired) electrons. The van der Waals surface area contributed by atoms with Crippen molar-refractivity contribution in [2.45, 2.75) is 18.2 Å². The Labute approximate surface area is 106 Å². The van der Waals surface area contributed by atoms with Crippen molar-refractivity contribution in [1.29, 1.82) is 0 Å². The monoisotopic (exact) mass is 257 g/mol. The highest BCUT2D eigenvalue weighted by molar-refractivity contribution is 6.30. The molecule has 0 aliphatic carbocycles. The van der Waals surface area contributed by atoms with Crippen LogP contribution >= 0.6 is 11.6 Å². The molecule has 0 aliphatic rings. The number of alkyl halides is 1. The molecule has 4 nitrogen and oxygen atoms in total. The first-order valence-electron chi connectivity index (χ1n) is 5.22. The maximum atomic E-state index is 10.8. The van der Waals surface area contributed by atoms with E-state index >= 15 is 0 Å². The number of ether oxygens (including phenoxy) is 2. The number of aryl methyl sites for hydroxylation is 1. The van der Waals surface area contributed by atoms with Crippen molar-refractivity contribution in [2.24, 2.45) is 5.73 Å². The lowest BCUT2D eigenvalue weighted by Gasteiger charge is -2.10. The number of halogens is 1. The summed E-state index contributed by atoms with van der Waals surface area (Å²) in [7, 11) is 3.16. The van der Waals surface area contributed by atoms with E-state index in [1.54, 1.807) is 14.2 Å². The van der Waals surface area contributed by atoms with E-state index < -0.39 is 11.3 Å². The molecule has 1 aromatic carbocycles. The Morgan fingerprint density at radius 2 is 2.00 bits per heavy atom. The van der Waals surface area contributed by atoms with E-state index in [0.717, 1.165) is 5.56 Å². The minimum atomic E-state index is -0.636. The van der Waals surface area contributed by atoms with Crippen LogP contribution in [0.4, 0.5) is 0 Å². The second-order valence-corrected chi connectivity index (χ2v) is 4.12. The van der Waals surface area contributed by atoms with Gasteiger partial charge in [0.25, 0.3) is 0 Å². The van der Waals surface area contributed by atoms with Crippen molar-refractivity contribution >= 4 is 17.5 Å². The van der Waals surface area contributed by atoms with Gasteiger partial charge in [-0.15, -0.1) is 11.6 Å². The van der Waals surface area contributed by atoms with E-state index in [-0.39, 0.29) is 0 Å². The van der Waals surface area contributed by atoms with Gasteiger partial charge in [0.15, 0.2) is 11.5 Å². The molecule has 0 saturated carbocycles. The van der Waals surface area contributed by atoms with Crippen LogP contribution in [-0.4, -0.2) is 25.5 Å². The molecule has 0 aliphatic heterocycles. The Morgan fingerprint density at radius 3 is 2.53 bits per heavy atom. The Bertz CT molecular complexity index is 395. The number of hydrogen-bond donors (Lipinski definition) is 1. The molecule has 1 rings (SSSR count). The smallest absolute Gasteiger partial charge is 0.235 e. The number of nitrogens with two attached hydrogens (primary N) is 1. The molecule has 1 atom stereocenters. The van der Waals surface area contributed by atoms with Crippen LogP contribution in [0.2, 0.25) is 0 Å². The van der Waals surface area contributed by atoms with Gasteiger partial charge in [0, 0.05) is 0 Å². The van der Waals surface area contributed by atoms with E-state index in [9.17, 15) is 4.79 Å². The van der Waals surface area contributed by atoms with Gasteiger partial charge in [0.05, 0.1) is 14.2 Å². The van der Waals surface area contributed by atoms with Crippen molar-refractivity contribution in [3.8, 4) is 11.5 Å². The highest BCUT2D eigenvalue weighted by Gasteiger charge is 2.12. The van der Waals surface area contributed by atoms with Gasteiger partial charge in [0.2, 0.25) is 5.91 Å². The number of hydrogen-bond acceptors (Lipinski definition) is 3. The number of amides is 1. The summed E-state index contributed by atoms with van der Waals surface area (Å²) < 4.78 is 10.3. The Hall–Kier alpha value is -1.42. The minimum absolute atomic E-state index is 0.493. The van der Waals surface area contributed by atoms with Crippen LogP contribution in [0.25, 0.3) is 0 Å². The first kappa shape index (κ1) is 13.6. The topological polar surface area (TPSA) is 61.5 Å². The van der Waals surface area contributed by atoms with Crippen molar-refractivity contribution in [2.75, 3.05) is 14.2 Å². The summed E-state index contributed by atoms with van der Waals surface area (Å²) in [6.45, 7) is 0. The molecule has 1 unspecified atom stereocenters. The van der Waals surface area contributed by atoms with Gasteiger partial charge >= 0.3 is 0 Å². The Kier molecular flexibility index (Phi) is 5.10. The molecule has 0 heterocycles. The van der Waals surface area contributed by atoms with E-state index in [1.807, 2.05) is 18.2 Å². The van der Waals surface area contributed by atoms with Crippen LogP contribution in [0.15, 0.2) is 18.2 Å². The fourth-order valence-corrected chi connectivity index (χ4v) is 1.58. The summed E-state index contributed by atoms with van der Waals surface area (Å²) in [6.07, 6.45) is 1.17. The van der Waals surface area contributed by atoms with Crippen LogP contribution in [0, 0.1) is 0 Å². The third-order valence-corrected chi connectivity index (χ3v) is 2.88. The molecule has 1 amide bonds. The van der Waals surface area contributed by atoms with Crippen LogP contribution in [0.3, 0.4) is 0 Å². The summed E-state index contributed by atoms with van der Waals surface area (Å²) in [4.78, 5) is 10.8. The highest BCUT2D eigenvalue weighted by atomic mass is 35.5. The number of primary amides is 1. The van der Waals surface area contributed by atoms with Crippen molar-refractivity contribution in [3.05, 3.63) is 23.8 Å². The summed E-state index contributed by atoms with van der Waals surface area (Å²) in [5, 5.41) is -0.636. The van der Waals surface area contributed by atoms with E-state index in [2.05, 4.69) is 0 Å². The molecule has 17 heavy (non-hydrogen) atoms. The molecule has 2 N–H and O–H groups in total. The van der Waals surface area contributed by atoms with Crippen LogP contribution in [-0.2, 0) is 11.2 Å². The van der Waals surface area contributed by atoms with Gasteiger partial charge in [0.1, 0.15) is 5.38 Å². The zero-order valence-corrected chi connectivity index (χ0v) is 10.7. The van der Waals surface area contributed by atoms with Gasteiger partial charge in [-0.25, -0.2) is 0 Å². The second-order valence-electron chi connectivity index (χ2n) is 3.60. The maximum absolute atomic E-state index is 10.8. The molecule has 0 saturated heterocycles. The number of carbonyl (C=O) groups is 1. The van der Waals surface area contributed by atoms with Gasteiger partial charge in [-0.1, -0.05) is 6.07 Å². The minimum Gasteiger partial charge on any atom is -0.493 e. The average molecular weight is 258 g/mol. The second kappa shape index (κ2) is 6.35. The first-order chi connectivity index (χ1) is 8.08. The fraction of sp³-hybridized carbons (Fsp3) is 0.417. The average Bonchev–Trinajstić information content (AvgIpc) is 2.35. The fourth-order valence-electron chi connectivity index (χ4n) is 1.47. The van der Waals surface area contributed by atoms with E-state index in [0.29, 0.717) is 24.3 Å². The summed E-state index contributed by atoms with van der Waals surface area (Å²) in [5.41, 5.74) is 6.11. The molecule has 0 spiro atoms. The van der Waals surface area contributed by atoms with Crippen LogP contribution in [0.5, 0.6) is 11.5 Å². The third-order valence-electron chi connectivity index (χ3n) is 2.44. The lowest BCUT2D eigenvalue weighted by atomic mass is 10.1. The first-order valence-corrected chi connectivity index (χ1v) is 5.66. The molecule has 0 aromatic heterocycles. The van der Waals surface area contributed by atoms with Gasteiger partial charge in [-0.2, -0.15) is 0 Å². The summed E-state index contributed by atoms with van der Waals surface area (Å²) >= 11 is 5.77. The Balaban J connectivity index is 2.69. The zero-order valence-electron chi connectivity index (χ0n) is 9.90. The normalized spacial score (nSPS) is 11.9.